The first-order chi connectivity index (χ1) is 17.5. The molecule has 0 radical (unpaired) electrons. The van der Waals surface area contributed by atoms with Gasteiger partial charge in [0.2, 0.25) is 17.6 Å². The van der Waals surface area contributed by atoms with Crippen molar-refractivity contribution in [3.05, 3.63) is 65.3 Å². The number of carbonyl (C=O) groups excluding carboxylic acids is 1. The van der Waals surface area contributed by atoms with Crippen molar-refractivity contribution in [3.8, 4) is 11.4 Å². The monoisotopic (exact) mass is 501 g/mol. The van der Waals surface area contributed by atoms with Gasteiger partial charge >= 0.3 is 0 Å². The number of rotatable bonds is 7. The number of likely N-dealkylation sites (tertiary alicyclic amines) is 1. The molecule has 1 amide bonds. The molecule has 194 valence electrons. The van der Waals surface area contributed by atoms with Gasteiger partial charge in [0.15, 0.2) is 0 Å². The van der Waals surface area contributed by atoms with Gasteiger partial charge in [-0.1, -0.05) is 50.2 Å². The van der Waals surface area contributed by atoms with Crippen LogP contribution in [-0.2, 0) is 15.8 Å². The van der Waals surface area contributed by atoms with Gasteiger partial charge in [-0.25, -0.2) is 0 Å². The van der Waals surface area contributed by atoms with Crippen LogP contribution in [0.2, 0.25) is 0 Å². The van der Waals surface area contributed by atoms with E-state index in [4.69, 9.17) is 9.51 Å². The van der Waals surface area contributed by atoms with E-state index in [1.54, 1.807) is 19.3 Å². The van der Waals surface area contributed by atoms with Crippen LogP contribution in [0.25, 0.3) is 11.4 Å². The third-order valence-corrected chi connectivity index (χ3v) is 8.87. The van der Waals surface area contributed by atoms with E-state index in [1.807, 2.05) is 18.2 Å². The Morgan fingerprint density at radius 1 is 1.14 bits per heavy atom. The summed E-state index contributed by atoms with van der Waals surface area (Å²) in [7, 11) is 2.07. The molecule has 8 nitrogen and oxygen atoms in total. The molecule has 3 aliphatic carbocycles. The largest absolute Gasteiger partial charge is 0.380 e. The highest BCUT2D eigenvalue weighted by Gasteiger charge is 2.71. The van der Waals surface area contributed by atoms with E-state index >= 15 is 0 Å². The Morgan fingerprint density at radius 3 is 2.41 bits per heavy atom. The zero-order chi connectivity index (χ0) is 26.2. The van der Waals surface area contributed by atoms with Crippen molar-refractivity contribution < 1.29 is 14.4 Å². The third kappa shape index (κ3) is 3.56. The molecule has 8 heteroatoms. The first-order valence-electron chi connectivity index (χ1n) is 13.1. The second-order valence-electron chi connectivity index (χ2n) is 12.4. The number of pyridine rings is 1. The van der Waals surface area contributed by atoms with Gasteiger partial charge in [-0.15, -0.1) is 0 Å². The number of nitrogens with zero attached hydrogens (tertiary/aromatic N) is 4. The van der Waals surface area contributed by atoms with Crippen molar-refractivity contribution in [1.29, 1.82) is 0 Å². The van der Waals surface area contributed by atoms with Gasteiger partial charge in [0.1, 0.15) is 5.60 Å². The fourth-order valence-corrected chi connectivity index (χ4v) is 7.18. The lowest BCUT2D eigenvalue weighted by Crippen LogP contribution is -2.76. The topological polar surface area (TPSA) is 104 Å². The normalized spacial score (nSPS) is 27.5. The molecule has 0 unspecified atom stereocenters. The Kier molecular flexibility index (Phi) is 5.21. The van der Waals surface area contributed by atoms with Crippen LogP contribution in [0.15, 0.2) is 47.2 Å². The Morgan fingerprint density at radius 2 is 1.81 bits per heavy atom. The molecule has 4 aliphatic rings. The van der Waals surface area contributed by atoms with E-state index in [-0.39, 0.29) is 22.3 Å². The second kappa shape index (κ2) is 7.95. The van der Waals surface area contributed by atoms with Crippen molar-refractivity contribution in [3.63, 3.8) is 0 Å². The Labute approximate surface area is 217 Å². The summed E-state index contributed by atoms with van der Waals surface area (Å²) in [6.07, 6.45) is 5.96. The zero-order valence-electron chi connectivity index (χ0n) is 22.2. The van der Waals surface area contributed by atoms with Crippen molar-refractivity contribution in [2.75, 3.05) is 20.1 Å². The summed E-state index contributed by atoms with van der Waals surface area (Å²) >= 11 is 0. The van der Waals surface area contributed by atoms with Crippen molar-refractivity contribution >= 4 is 5.91 Å². The number of hydrogen-bond donors (Lipinski definition) is 2. The zero-order valence-corrected chi connectivity index (χ0v) is 22.2. The van der Waals surface area contributed by atoms with Gasteiger partial charge in [-0.2, -0.15) is 4.98 Å². The number of benzene rings is 1. The highest BCUT2D eigenvalue weighted by Crippen LogP contribution is 2.67. The molecule has 3 saturated carbocycles. The molecule has 1 aromatic carbocycles. The van der Waals surface area contributed by atoms with Crippen molar-refractivity contribution in [1.82, 2.24) is 25.3 Å². The molecule has 2 aromatic heterocycles. The molecular formula is C29H35N5O3. The maximum absolute atomic E-state index is 12.5. The van der Waals surface area contributed by atoms with Gasteiger partial charge < -0.3 is 19.8 Å². The van der Waals surface area contributed by atoms with Crippen LogP contribution < -0.4 is 5.32 Å². The predicted octanol–water partition coefficient (Wildman–Crippen LogP) is 3.75. The Bertz CT molecular complexity index is 1340. The predicted molar refractivity (Wildman–Crippen MR) is 139 cm³/mol. The van der Waals surface area contributed by atoms with E-state index < -0.39 is 5.60 Å². The summed E-state index contributed by atoms with van der Waals surface area (Å²) in [5, 5.41) is 19.8. The molecule has 2 N–H and O–H groups in total. The van der Waals surface area contributed by atoms with E-state index in [9.17, 15) is 9.90 Å². The molecule has 1 aliphatic heterocycles. The van der Waals surface area contributed by atoms with Crippen LogP contribution in [0.3, 0.4) is 0 Å². The summed E-state index contributed by atoms with van der Waals surface area (Å²) in [6, 6.07) is 10.3. The summed E-state index contributed by atoms with van der Waals surface area (Å²) in [5.41, 5.74) is 1.68. The van der Waals surface area contributed by atoms with Crippen LogP contribution >= 0.6 is 0 Å². The van der Waals surface area contributed by atoms with E-state index in [0.717, 1.165) is 43.5 Å². The Balaban J connectivity index is 1.32. The lowest BCUT2D eigenvalue weighted by atomic mass is 9.39. The van der Waals surface area contributed by atoms with Crippen LogP contribution in [0.4, 0.5) is 0 Å². The number of nitrogens with one attached hydrogen (secondary N) is 1. The maximum atomic E-state index is 12.5. The smallest absolute Gasteiger partial charge is 0.233 e. The average Bonchev–Trinajstić information content (AvgIpc) is 3.29. The number of hydrogen-bond acceptors (Lipinski definition) is 7. The van der Waals surface area contributed by atoms with Crippen LogP contribution in [-0.4, -0.2) is 56.7 Å². The molecule has 2 bridgehead atoms. The first-order valence-corrected chi connectivity index (χ1v) is 13.1. The van der Waals surface area contributed by atoms with Gasteiger partial charge in [-0.3, -0.25) is 9.78 Å². The Hall–Kier alpha value is -3.10. The molecule has 7 rings (SSSR count). The molecule has 3 aromatic rings. The van der Waals surface area contributed by atoms with E-state index in [0.29, 0.717) is 23.2 Å². The first kappa shape index (κ1) is 24.2. The summed E-state index contributed by atoms with van der Waals surface area (Å²) in [6.45, 7) is 9.57. The van der Waals surface area contributed by atoms with Crippen LogP contribution in [0.1, 0.15) is 75.5 Å². The summed E-state index contributed by atoms with van der Waals surface area (Å²) in [4.78, 5) is 22.9. The molecule has 3 heterocycles. The molecule has 0 spiro atoms. The maximum Gasteiger partial charge on any atom is 0.233 e. The summed E-state index contributed by atoms with van der Waals surface area (Å²) in [5.74, 6) is 1.50. The second-order valence-corrected chi connectivity index (χ2v) is 12.4. The average molecular weight is 502 g/mol. The highest BCUT2D eigenvalue weighted by atomic mass is 16.5. The SMILES string of the molecule is CC(=O)NC12CC(c3nc(-c4cncc([C@@](O)(c5ccc(C(C)C)cc5)C5(C)CN(C)C5)c4)no3)(C1)C2. The molecular weight excluding hydrogens is 466 g/mol. The molecule has 1 atom stereocenters. The van der Waals surface area contributed by atoms with Gasteiger partial charge in [0.25, 0.3) is 0 Å². The van der Waals surface area contributed by atoms with Gasteiger partial charge in [0, 0.05) is 54.5 Å². The standard InChI is InChI=1S/C29H35N5O3/c1-18(2)20-6-8-22(9-7-20)29(36,26(4)16-34(5)17-26)23-10-21(11-30-12-23)24-31-25(37-33-24)27-13-28(14-27,15-27)32-19(3)35/h6-12,18,36H,13-17H2,1-5H3,(H,32,35)/t27?,28?,29-/m0/s1. The minimum atomic E-state index is -1.23. The molecule has 37 heavy (non-hydrogen) atoms. The third-order valence-electron chi connectivity index (χ3n) is 8.87. The number of carbonyl (C=O) groups is 1. The fraction of sp³-hybridized carbons (Fsp3) is 0.517. The number of amides is 1. The minimum Gasteiger partial charge on any atom is -0.380 e. The van der Waals surface area contributed by atoms with Gasteiger partial charge in [-0.05, 0) is 49.4 Å². The van der Waals surface area contributed by atoms with Gasteiger partial charge in [0.05, 0.1) is 5.41 Å². The minimum absolute atomic E-state index is 0.0000856. The van der Waals surface area contributed by atoms with Crippen molar-refractivity contribution in [2.24, 2.45) is 5.41 Å². The number of aromatic nitrogens is 3. The van der Waals surface area contributed by atoms with Crippen molar-refractivity contribution in [2.45, 2.75) is 69.4 Å². The highest BCUT2D eigenvalue weighted by molar-refractivity contribution is 5.75. The van der Waals surface area contributed by atoms with E-state index in [2.05, 4.69) is 60.3 Å². The lowest BCUT2D eigenvalue weighted by molar-refractivity contribution is -0.140. The van der Waals surface area contributed by atoms with Crippen LogP contribution in [0.5, 0.6) is 0 Å². The van der Waals surface area contributed by atoms with Crippen LogP contribution in [0, 0.1) is 5.41 Å². The lowest BCUT2D eigenvalue weighted by Gasteiger charge is -2.68. The van der Waals surface area contributed by atoms with E-state index in [1.165, 1.54) is 5.56 Å². The fourth-order valence-electron chi connectivity index (χ4n) is 7.18. The quantitative estimate of drug-likeness (QED) is 0.508. The molecule has 1 saturated heterocycles. The summed E-state index contributed by atoms with van der Waals surface area (Å²) < 4.78 is 5.70. The molecule has 4 fully saturated rings. The number of aliphatic hydroxyl groups is 1.